The van der Waals surface area contributed by atoms with Crippen LogP contribution in [0.25, 0.3) is 16.8 Å². The molecule has 0 spiro atoms. The highest BCUT2D eigenvalue weighted by Gasteiger charge is 2.24. The number of hydrogen-bond donors (Lipinski definition) is 0. The van der Waals surface area contributed by atoms with Crippen molar-refractivity contribution < 1.29 is 0 Å². The Bertz CT molecular complexity index is 617. The summed E-state index contributed by atoms with van der Waals surface area (Å²) in [7, 11) is -1.01. The van der Waals surface area contributed by atoms with Crippen LogP contribution in [0, 0.1) is 0 Å². The predicted octanol–water partition coefficient (Wildman–Crippen LogP) is 5.29. The Labute approximate surface area is 110 Å². The van der Waals surface area contributed by atoms with Crippen LogP contribution in [-0.4, -0.2) is 8.07 Å². The summed E-state index contributed by atoms with van der Waals surface area (Å²) in [6.07, 6.45) is 4.75. The van der Waals surface area contributed by atoms with Crippen LogP contribution < -0.4 is 0 Å². The summed E-state index contributed by atoms with van der Waals surface area (Å²) in [5.41, 5.74) is 2.99. The summed E-state index contributed by atoms with van der Waals surface area (Å²) in [5.74, 6) is 0.649. The average Bonchev–Trinajstić information content (AvgIpc) is 2.71. The normalized spacial score (nSPS) is 18.3. The van der Waals surface area contributed by atoms with Gasteiger partial charge in [-0.05, 0) is 27.9 Å². The molecule has 18 heavy (non-hydrogen) atoms. The van der Waals surface area contributed by atoms with Gasteiger partial charge in [0.1, 0.15) is 0 Å². The molecule has 1 heteroatoms. The third kappa shape index (κ3) is 2.03. The van der Waals surface area contributed by atoms with Crippen molar-refractivity contribution in [1.29, 1.82) is 0 Å². The van der Waals surface area contributed by atoms with E-state index < -0.39 is 8.07 Å². The van der Waals surface area contributed by atoms with Crippen LogP contribution in [-0.2, 0) is 0 Å². The summed E-state index contributed by atoms with van der Waals surface area (Å²) in [6, 6.07) is 14.7. The molecule has 3 rings (SSSR count). The van der Waals surface area contributed by atoms with Gasteiger partial charge in [-0.15, -0.1) is 0 Å². The zero-order valence-electron chi connectivity index (χ0n) is 11.4. The Hall–Kier alpha value is -1.34. The molecule has 1 atom stereocenters. The minimum Gasteiger partial charge on any atom is -0.0766 e. The number of rotatable bonds is 2. The van der Waals surface area contributed by atoms with E-state index in [1.807, 2.05) is 0 Å². The van der Waals surface area contributed by atoms with Crippen molar-refractivity contribution in [3.63, 3.8) is 0 Å². The first kappa shape index (κ1) is 11.7. The molecule has 0 nitrogen and oxygen atoms in total. The highest BCUT2D eigenvalue weighted by Crippen LogP contribution is 2.39. The predicted molar refractivity (Wildman–Crippen MR) is 83.9 cm³/mol. The lowest BCUT2D eigenvalue weighted by atomic mass is 9.97. The van der Waals surface area contributed by atoms with Gasteiger partial charge in [-0.3, -0.25) is 0 Å². The van der Waals surface area contributed by atoms with Crippen LogP contribution in [0.4, 0.5) is 0 Å². The fourth-order valence-corrected chi connectivity index (χ4v) is 4.65. The Morgan fingerprint density at radius 2 is 1.78 bits per heavy atom. The van der Waals surface area contributed by atoms with Crippen LogP contribution >= 0.6 is 0 Å². The smallest absolute Gasteiger partial charge is 0.0451 e. The molecule has 0 saturated heterocycles. The molecule has 1 aliphatic carbocycles. The number of benzene rings is 2. The van der Waals surface area contributed by atoms with Crippen molar-refractivity contribution in [2.24, 2.45) is 0 Å². The molecule has 0 amide bonds. The molecule has 0 aromatic heterocycles. The van der Waals surface area contributed by atoms with E-state index in [0.29, 0.717) is 5.92 Å². The lowest BCUT2D eigenvalue weighted by molar-refractivity contribution is 0.961. The van der Waals surface area contributed by atoms with Gasteiger partial charge in [0.15, 0.2) is 0 Å². The van der Waals surface area contributed by atoms with Crippen LogP contribution in [0.3, 0.4) is 0 Å². The topological polar surface area (TPSA) is 0 Å². The molecule has 0 N–H and O–H groups in total. The number of fused-ring (bicyclic) bond motifs is 3. The van der Waals surface area contributed by atoms with Gasteiger partial charge in [0.2, 0.25) is 0 Å². The Balaban J connectivity index is 2.08. The molecular formula is C17H20Si. The average molecular weight is 252 g/mol. The maximum Gasteiger partial charge on any atom is 0.0451 e. The molecule has 1 aliphatic rings. The monoisotopic (exact) mass is 252 g/mol. The molecule has 0 saturated carbocycles. The van der Waals surface area contributed by atoms with Gasteiger partial charge in [-0.1, -0.05) is 68.2 Å². The molecule has 0 bridgehead atoms. The van der Waals surface area contributed by atoms with Gasteiger partial charge in [0.25, 0.3) is 0 Å². The van der Waals surface area contributed by atoms with E-state index in [0.717, 1.165) is 0 Å². The van der Waals surface area contributed by atoms with E-state index in [4.69, 9.17) is 0 Å². The van der Waals surface area contributed by atoms with Crippen molar-refractivity contribution in [3.05, 3.63) is 53.6 Å². The van der Waals surface area contributed by atoms with Crippen LogP contribution in [0.1, 0.15) is 17.0 Å². The van der Waals surface area contributed by atoms with Crippen LogP contribution in [0.2, 0.25) is 25.7 Å². The van der Waals surface area contributed by atoms with Gasteiger partial charge in [0, 0.05) is 14.0 Å². The first-order valence-corrected chi connectivity index (χ1v) is 10.5. The summed E-state index contributed by atoms with van der Waals surface area (Å²) in [5, 5.41) is 2.76. The number of allylic oxidation sites excluding steroid dienone is 1. The van der Waals surface area contributed by atoms with Crippen molar-refractivity contribution in [2.75, 3.05) is 0 Å². The fourth-order valence-electron chi connectivity index (χ4n) is 2.98. The third-order valence-electron chi connectivity index (χ3n) is 3.73. The molecule has 2 aromatic carbocycles. The molecule has 0 heterocycles. The second-order valence-electron chi connectivity index (χ2n) is 6.52. The Morgan fingerprint density at radius 3 is 2.56 bits per heavy atom. The van der Waals surface area contributed by atoms with Gasteiger partial charge in [0.05, 0.1) is 0 Å². The van der Waals surface area contributed by atoms with Gasteiger partial charge in [-0.25, -0.2) is 0 Å². The molecule has 0 radical (unpaired) electrons. The van der Waals surface area contributed by atoms with Gasteiger partial charge >= 0.3 is 0 Å². The maximum absolute atomic E-state index is 2.46. The van der Waals surface area contributed by atoms with Crippen molar-refractivity contribution in [2.45, 2.75) is 31.6 Å². The van der Waals surface area contributed by atoms with Crippen molar-refractivity contribution in [1.82, 2.24) is 0 Å². The van der Waals surface area contributed by atoms with Crippen LogP contribution in [0.15, 0.2) is 42.5 Å². The minimum absolute atomic E-state index is 0.649. The van der Waals surface area contributed by atoms with E-state index >= 15 is 0 Å². The molecule has 1 unspecified atom stereocenters. The lowest BCUT2D eigenvalue weighted by Crippen LogP contribution is -2.21. The highest BCUT2D eigenvalue weighted by molar-refractivity contribution is 6.76. The number of hydrogen-bond acceptors (Lipinski definition) is 0. The molecule has 92 valence electrons. The zero-order chi connectivity index (χ0) is 12.8. The first-order valence-electron chi connectivity index (χ1n) is 6.74. The highest BCUT2D eigenvalue weighted by atomic mass is 28.3. The fraction of sp³-hybridized carbons (Fsp3) is 0.294. The van der Waals surface area contributed by atoms with Gasteiger partial charge < -0.3 is 0 Å². The summed E-state index contributed by atoms with van der Waals surface area (Å²) < 4.78 is 0. The molecular weight excluding hydrogens is 232 g/mol. The van der Waals surface area contributed by atoms with Crippen molar-refractivity contribution in [3.8, 4) is 0 Å². The summed E-state index contributed by atoms with van der Waals surface area (Å²) in [4.78, 5) is 0. The second-order valence-corrected chi connectivity index (χ2v) is 12.0. The zero-order valence-corrected chi connectivity index (χ0v) is 12.4. The van der Waals surface area contributed by atoms with Crippen LogP contribution in [0.5, 0.6) is 0 Å². The Morgan fingerprint density at radius 1 is 1.00 bits per heavy atom. The third-order valence-corrected chi connectivity index (χ3v) is 5.40. The van der Waals surface area contributed by atoms with Crippen molar-refractivity contribution >= 4 is 24.9 Å². The molecule has 2 aromatic rings. The second kappa shape index (κ2) is 4.10. The largest absolute Gasteiger partial charge is 0.0766 e. The first-order chi connectivity index (χ1) is 8.54. The quantitative estimate of drug-likeness (QED) is 0.637. The summed E-state index contributed by atoms with van der Waals surface area (Å²) in [6.45, 7) is 7.37. The Kier molecular flexibility index (Phi) is 2.67. The van der Waals surface area contributed by atoms with E-state index in [1.54, 1.807) is 0 Å². The SMILES string of the molecule is C[Si](C)(C)CC1C=Cc2c1ccc1ccccc21. The lowest BCUT2D eigenvalue weighted by Gasteiger charge is -2.21. The summed E-state index contributed by atoms with van der Waals surface area (Å²) >= 11 is 0. The maximum atomic E-state index is 2.46. The van der Waals surface area contributed by atoms with E-state index in [2.05, 4.69) is 68.2 Å². The minimum atomic E-state index is -1.01. The van der Waals surface area contributed by atoms with Gasteiger partial charge in [-0.2, -0.15) is 0 Å². The van der Waals surface area contributed by atoms with E-state index in [9.17, 15) is 0 Å². The molecule has 0 aliphatic heterocycles. The standard InChI is InChI=1S/C17H20Si/c1-18(2,3)12-14-9-11-17-15-7-5-4-6-13(15)8-10-16(14)17/h4-11,14H,12H2,1-3H3. The molecule has 0 fully saturated rings. The van der Waals surface area contributed by atoms with E-state index in [1.165, 1.54) is 27.9 Å². The van der Waals surface area contributed by atoms with E-state index in [-0.39, 0.29) is 0 Å².